The summed E-state index contributed by atoms with van der Waals surface area (Å²) in [7, 11) is 0. The van der Waals surface area contributed by atoms with E-state index >= 15 is 0 Å². The average Bonchev–Trinajstić information content (AvgIpc) is 3.62. The van der Waals surface area contributed by atoms with Crippen molar-refractivity contribution >= 4 is 17.7 Å². The molecule has 7 rings (SSSR count). The van der Waals surface area contributed by atoms with E-state index in [1.807, 2.05) is 97.1 Å². The minimum Gasteiger partial charge on any atom is -0.431 e. The Kier molecular flexibility index (Phi) is 10.8. The second-order valence-electron chi connectivity index (χ2n) is 12.8. The van der Waals surface area contributed by atoms with Crippen LogP contribution in [-0.2, 0) is 27.4 Å². The lowest BCUT2D eigenvalue weighted by molar-refractivity contribution is -0.268. The Morgan fingerprint density at radius 3 is 2.10 bits per heavy atom. The van der Waals surface area contributed by atoms with Crippen LogP contribution in [0.2, 0.25) is 0 Å². The van der Waals surface area contributed by atoms with Gasteiger partial charge in [-0.15, -0.1) is 0 Å². The number of nitrogens with one attached hydrogen (secondary N) is 1. The Bertz CT molecular complexity index is 1990. The maximum atomic E-state index is 11.4. The van der Waals surface area contributed by atoms with Crippen LogP contribution >= 0.6 is 11.8 Å². The molecule has 0 aliphatic carbocycles. The zero-order chi connectivity index (χ0) is 35.2. The Balaban J connectivity index is 1.14. The van der Waals surface area contributed by atoms with Crippen molar-refractivity contribution in [1.29, 1.82) is 0 Å². The molecule has 0 saturated carbocycles. The number of aliphatic hydroxyl groups is 1. The molecule has 258 valence electrons. The van der Waals surface area contributed by atoms with Crippen molar-refractivity contribution in [1.82, 2.24) is 10.3 Å². The first-order valence-corrected chi connectivity index (χ1v) is 18.1. The highest BCUT2D eigenvalue weighted by Gasteiger charge is 2.38. The third-order valence-electron chi connectivity index (χ3n) is 9.17. The van der Waals surface area contributed by atoms with Crippen molar-refractivity contribution in [3.63, 3.8) is 0 Å². The van der Waals surface area contributed by atoms with Gasteiger partial charge in [-0.05, 0) is 33.9 Å². The van der Waals surface area contributed by atoms with Gasteiger partial charge in [-0.3, -0.25) is 4.79 Å². The first-order chi connectivity index (χ1) is 24.9. The minimum absolute atomic E-state index is 0.0106. The fourth-order valence-corrected chi connectivity index (χ4v) is 7.31. The fraction of sp³-hybridized carbons (Fsp3) is 0.209. The van der Waals surface area contributed by atoms with Crippen molar-refractivity contribution in [3.05, 3.63) is 156 Å². The molecule has 6 aromatic rings. The summed E-state index contributed by atoms with van der Waals surface area (Å²) >= 11 is 1.54. The highest BCUT2D eigenvalue weighted by Crippen LogP contribution is 2.44. The summed E-state index contributed by atoms with van der Waals surface area (Å²) in [5.74, 6) is 1.30. The van der Waals surface area contributed by atoms with Crippen LogP contribution in [0.4, 0.5) is 0 Å². The lowest BCUT2D eigenvalue weighted by Crippen LogP contribution is -2.38. The molecule has 0 unspecified atom stereocenters. The molecule has 0 spiro atoms. The second-order valence-corrected chi connectivity index (χ2v) is 13.7. The predicted octanol–water partition coefficient (Wildman–Crippen LogP) is 9.39. The molecule has 2 N–H and O–H groups in total. The molecule has 1 saturated heterocycles. The summed E-state index contributed by atoms with van der Waals surface area (Å²) in [6.45, 7) is 4.15. The van der Waals surface area contributed by atoms with E-state index in [1.54, 1.807) is 11.8 Å². The number of ether oxygens (including phenoxy) is 2. The molecule has 7 nitrogen and oxygen atoms in total. The number of aromatic nitrogens is 1. The van der Waals surface area contributed by atoms with Crippen molar-refractivity contribution in [2.24, 2.45) is 5.92 Å². The molecular formula is C43H40N2O5S. The van der Waals surface area contributed by atoms with Gasteiger partial charge in [0.1, 0.15) is 5.69 Å². The maximum Gasteiger partial charge on any atom is 0.256 e. The Hall–Kier alpha value is -4.99. The van der Waals surface area contributed by atoms with Crippen LogP contribution in [0.5, 0.6) is 0 Å². The molecule has 8 heteroatoms. The largest absolute Gasteiger partial charge is 0.431 e. The molecule has 0 bridgehead atoms. The van der Waals surface area contributed by atoms with Crippen molar-refractivity contribution in [3.8, 4) is 33.7 Å². The van der Waals surface area contributed by atoms with Crippen LogP contribution in [0.3, 0.4) is 0 Å². The van der Waals surface area contributed by atoms with Crippen LogP contribution in [0.25, 0.3) is 33.7 Å². The summed E-state index contributed by atoms with van der Waals surface area (Å²) in [5.41, 5.74) is 8.74. The maximum absolute atomic E-state index is 11.4. The topological polar surface area (TPSA) is 93.8 Å². The number of amides is 1. The predicted molar refractivity (Wildman–Crippen MR) is 200 cm³/mol. The summed E-state index contributed by atoms with van der Waals surface area (Å²) in [4.78, 5) is 16.4. The molecule has 2 heterocycles. The normalized spacial score (nSPS) is 18.7. The lowest BCUT2D eigenvalue weighted by atomic mass is 9.91. The number of oxazole rings is 1. The van der Waals surface area contributed by atoms with E-state index in [4.69, 9.17) is 18.9 Å². The highest BCUT2D eigenvalue weighted by atomic mass is 32.2. The van der Waals surface area contributed by atoms with Gasteiger partial charge < -0.3 is 24.3 Å². The first-order valence-electron chi connectivity index (χ1n) is 17.1. The highest BCUT2D eigenvalue weighted by molar-refractivity contribution is 7.99. The monoisotopic (exact) mass is 696 g/mol. The number of nitrogens with zero attached hydrogens (tertiary/aromatic N) is 1. The average molecular weight is 697 g/mol. The number of carbonyl (C=O) groups is 1. The number of thioether (sulfide) groups is 1. The summed E-state index contributed by atoms with van der Waals surface area (Å²) in [6.07, 6.45) is -1.02. The molecule has 4 atom stereocenters. The number of rotatable bonds is 11. The quantitative estimate of drug-likeness (QED) is 0.130. The number of aliphatic hydroxyl groups excluding tert-OH is 1. The van der Waals surface area contributed by atoms with Gasteiger partial charge >= 0.3 is 0 Å². The van der Waals surface area contributed by atoms with E-state index < -0.39 is 6.29 Å². The Morgan fingerprint density at radius 1 is 0.745 bits per heavy atom. The molecule has 1 aromatic heterocycles. The van der Waals surface area contributed by atoms with E-state index in [-0.39, 0.29) is 30.6 Å². The van der Waals surface area contributed by atoms with E-state index in [1.165, 1.54) is 6.92 Å². The zero-order valence-corrected chi connectivity index (χ0v) is 29.4. The molecular weight excluding hydrogens is 657 g/mol. The molecule has 1 amide bonds. The smallest absolute Gasteiger partial charge is 0.256 e. The Labute approximate surface area is 302 Å². The molecule has 5 aromatic carbocycles. The van der Waals surface area contributed by atoms with Crippen LogP contribution in [0.1, 0.15) is 48.5 Å². The van der Waals surface area contributed by atoms with Gasteiger partial charge in [-0.25, -0.2) is 4.98 Å². The minimum atomic E-state index is -0.598. The fourth-order valence-electron chi connectivity index (χ4n) is 6.32. The van der Waals surface area contributed by atoms with Crippen LogP contribution in [-0.4, -0.2) is 27.9 Å². The van der Waals surface area contributed by atoms with Crippen LogP contribution in [0, 0.1) is 5.92 Å². The van der Waals surface area contributed by atoms with Gasteiger partial charge in [0, 0.05) is 41.8 Å². The number of benzene rings is 5. The molecule has 51 heavy (non-hydrogen) atoms. The van der Waals surface area contributed by atoms with Crippen LogP contribution < -0.4 is 5.32 Å². The van der Waals surface area contributed by atoms with Crippen molar-refractivity contribution < 1.29 is 23.8 Å². The van der Waals surface area contributed by atoms with E-state index in [9.17, 15) is 9.90 Å². The second kappa shape index (κ2) is 15.9. The third kappa shape index (κ3) is 8.16. The molecule has 0 radical (unpaired) electrons. The van der Waals surface area contributed by atoms with Gasteiger partial charge in [0.05, 0.1) is 18.8 Å². The van der Waals surface area contributed by atoms with Crippen molar-refractivity contribution in [2.75, 3.05) is 5.75 Å². The molecule has 1 fully saturated rings. The summed E-state index contributed by atoms with van der Waals surface area (Å²) in [6, 6.07) is 44.6. The van der Waals surface area contributed by atoms with Gasteiger partial charge in [-0.1, -0.05) is 146 Å². The van der Waals surface area contributed by atoms with Gasteiger partial charge in [0.15, 0.2) is 12.1 Å². The third-order valence-corrected chi connectivity index (χ3v) is 10.1. The van der Waals surface area contributed by atoms with E-state index in [0.717, 1.165) is 56.0 Å². The lowest BCUT2D eigenvalue weighted by Gasteiger charge is -2.41. The van der Waals surface area contributed by atoms with E-state index in [2.05, 4.69) is 48.6 Å². The number of carbonyl (C=O) groups excluding carboxylic acids is 1. The zero-order valence-electron chi connectivity index (χ0n) is 28.6. The SMILES string of the molecule is CC(=O)NCc1cccc(-c2ccc([C@H]3O[C@@H](CSc4nc(-c5ccccc5)c(-c5ccccc5)o4)[C@@H](C)[C@@H](c4ccc(CO)cc4)O3)cc2)c1. The Morgan fingerprint density at radius 2 is 1.41 bits per heavy atom. The van der Waals surface area contributed by atoms with Gasteiger partial charge in [0.2, 0.25) is 5.91 Å². The van der Waals surface area contributed by atoms with Gasteiger partial charge in [0.25, 0.3) is 5.22 Å². The molecule has 1 aliphatic heterocycles. The number of hydrogen-bond donors (Lipinski definition) is 2. The first kappa shape index (κ1) is 34.5. The van der Waals surface area contributed by atoms with Crippen LogP contribution in [0.15, 0.2) is 143 Å². The molecule has 1 aliphatic rings. The van der Waals surface area contributed by atoms with Crippen molar-refractivity contribution in [2.45, 2.75) is 50.7 Å². The standard InChI is InChI=1S/C43H40N2O5S/c1-28-38(27-51-43-45-39(33-11-5-3-6-12-33)41(50-43)34-13-7-4-8-14-34)48-42(49-40(28)35-18-16-30(26-46)17-19-35)36-22-20-32(21-23-36)37-15-9-10-31(24-37)25-44-29(2)47/h3-24,28,38,40,42,46H,25-27H2,1-2H3,(H,44,47)/t28-,38+,40+,42+/m1/s1. The summed E-state index contributed by atoms with van der Waals surface area (Å²) in [5, 5.41) is 13.1. The summed E-state index contributed by atoms with van der Waals surface area (Å²) < 4.78 is 19.9. The van der Waals surface area contributed by atoms with Gasteiger partial charge in [-0.2, -0.15) is 0 Å². The van der Waals surface area contributed by atoms with E-state index in [0.29, 0.717) is 17.5 Å². The number of hydrogen-bond acceptors (Lipinski definition) is 7.